The van der Waals surface area contributed by atoms with Crippen LogP contribution in [0.4, 0.5) is 5.69 Å². The van der Waals surface area contributed by atoms with Gasteiger partial charge in [0.1, 0.15) is 0 Å². The Morgan fingerprint density at radius 3 is 2.54 bits per heavy atom. The Kier molecular flexibility index (Phi) is 3.05. The Bertz CT molecular complexity index is 303. The van der Waals surface area contributed by atoms with E-state index in [0.717, 1.165) is 0 Å². The summed E-state index contributed by atoms with van der Waals surface area (Å²) in [6, 6.07) is 6.60. The minimum absolute atomic E-state index is 0.317. The molecule has 0 spiro atoms. The van der Waals surface area contributed by atoms with Crippen molar-refractivity contribution < 1.29 is 14.8 Å². The average Bonchev–Trinajstić information content (AvgIpc) is 2.16. The van der Waals surface area contributed by atoms with Gasteiger partial charge in [0.15, 0.2) is 0 Å². The van der Waals surface area contributed by atoms with E-state index < -0.39 is 7.12 Å². The second-order valence-corrected chi connectivity index (χ2v) is 2.65. The molecule has 1 amide bonds. The highest BCUT2D eigenvalue weighted by Gasteiger charge is 2.16. The molecule has 2 N–H and O–H groups in total. The van der Waals surface area contributed by atoms with Crippen molar-refractivity contribution in [2.75, 3.05) is 11.9 Å². The van der Waals surface area contributed by atoms with Gasteiger partial charge < -0.3 is 14.9 Å². The van der Waals surface area contributed by atoms with Crippen LogP contribution in [-0.4, -0.2) is 30.6 Å². The Morgan fingerprint density at radius 2 is 2.00 bits per heavy atom. The molecule has 0 unspecified atom stereocenters. The summed E-state index contributed by atoms with van der Waals surface area (Å²) in [5.74, 6) is 0. The monoisotopic (exact) mass is 179 g/mol. The first-order valence-electron chi connectivity index (χ1n) is 3.80. The first-order chi connectivity index (χ1) is 6.16. The topological polar surface area (TPSA) is 60.8 Å². The van der Waals surface area contributed by atoms with Crippen molar-refractivity contribution in [2.45, 2.75) is 0 Å². The summed E-state index contributed by atoms with van der Waals surface area (Å²) in [5, 5.41) is 17.9. The van der Waals surface area contributed by atoms with Crippen LogP contribution in [0, 0.1) is 0 Å². The van der Waals surface area contributed by atoms with Crippen LogP contribution >= 0.6 is 0 Å². The highest BCUT2D eigenvalue weighted by atomic mass is 16.4. The number of carbonyl (C=O) groups is 1. The molecule has 68 valence electrons. The predicted molar refractivity (Wildman–Crippen MR) is 50.7 cm³/mol. The van der Waals surface area contributed by atoms with Gasteiger partial charge in [-0.05, 0) is 6.07 Å². The van der Waals surface area contributed by atoms with Crippen molar-refractivity contribution in [1.29, 1.82) is 0 Å². The molecule has 0 saturated heterocycles. The van der Waals surface area contributed by atoms with E-state index in [0.29, 0.717) is 17.6 Å². The quantitative estimate of drug-likeness (QED) is 0.460. The number of benzene rings is 1. The van der Waals surface area contributed by atoms with Crippen molar-refractivity contribution in [2.24, 2.45) is 0 Å². The Hall–Kier alpha value is -1.33. The third-order valence-corrected chi connectivity index (χ3v) is 1.75. The highest BCUT2D eigenvalue weighted by Crippen LogP contribution is 2.06. The second kappa shape index (κ2) is 4.07. The van der Waals surface area contributed by atoms with E-state index in [4.69, 9.17) is 10.0 Å². The predicted octanol–water partition coefficient (Wildman–Crippen LogP) is -1.04. The third-order valence-electron chi connectivity index (χ3n) is 1.75. The smallest absolute Gasteiger partial charge is 0.423 e. The Balaban J connectivity index is 3.11. The number of para-hydroxylation sites is 1. The highest BCUT2D eigenvalue weighted by molar-refractivity contribution is 6.60. The fraction of sp³-hybridized carbons (Fsp3) is 0.125. The summed E-state index contributed by atoms with van der Waals surface area (Å²) >= 11 is 0. The third kappa shape index (κ3) is 2.08. The molecule has 0 heterocycles. The number of rotatable bonds is 3. The summed E-state index contributed by atoms with van der Waals surface area (Å²) in [6.07, 6.45) is 0.612. The maximum atomic E-state index is 10.4. The molecular weight excluding hydrogens is 169 g/mol. The van der Waals surface area contributed by atoms with Crippen molar-refractivity contribution in [3.05, 3.63) is 24.3 Å². The molecule has 1 aromatic carbocycles. The van der Waals surface area contributed by atoms with E-state index in [1.54, 1.807) is 31.3 Å². The minimum atomic E-state index is -1.56. The van der Waals surface area contributed by atoms with Crippen LogP contribution in [0.2, 0.25) is 0 Å². The maximum absolute atomic E-state index is 10.4. The molecule has 0 atom stereocenters. The summed E-state index contributed by atoms with van der Waals surface area (Å²) in [6.45, 7) is 0. The van der Waals surface area contributed by atoms with Crippen LogP contribution in [0.5, 0.6) is 0 Å². The lowest BCUT2D eigenvalue weighted by Crippen LogP contribution is -2.35. The van der Waals surface area contributed by atoms with Gasteiger partial charge in [-0.2, -0.15) is 0 Å². The molecule has 5 heteroatoms. The standard InChI is InChI=1S/C8H10BNO3/c1-10(6-11)8-5-3-2-4-7(8)9(12)13/h2-6,12-13H,1H3. The summed E-state index contributed by atoms with van der Waals surface area (Å²) < 4.78 is 0. The SMILES string of the molecule is CN(C=O)c1ccccc1B(O)O. The van der Waals surface area contributed by atoms with Gasteiger partial charge in [-0.3, -0.25) is 4.79 Å². The van der Waals surface area contributed by atoms with Crippen molar-refractivity contribution in [3.8, 4) is 0 Å². The molecule has 0 aliphatic carbocycles. The van der Waals surface area contributed by atoms with Gasteiger partial charge in [-0.1, -0.05) is 18.2 Å². The number of hydrogen-bond acceptors (Lipinski definition) is 3. The van der Waals surface area contributed by atoms with E-state index in [-0.39, 0.29) is 0 Å². The lowest BCUT2D eigenvalue weighted by Gasteiger charge is -2.14. The van der Waals surface area contributed by atoms with Gasteiger partial charge in [0, 0.05) is 18.2 Å². The molecule has 0 aliphatic heterocycles. The first kappa shape index (κ1) is 9.76. The van der Waals surface area contributed by atoms with Gasteiger partial charge in [-0.25, -0.2) is 0 Å². The second-order valence-electron chi connectivity index (χ2n) is 2.65. The molecule has 1 aromatic rings. The van der Waals surface area contributed by atoms with E-state index in [2.05, 4.69) is 0 Å². The normalized spacial score (nSPS) is 9.46. The minimum Gasteiger partial charge on any atom is -0.423 e. The zero-order valence-electron chi connectivity index (χ0n) is 7.21. The zero-order valence-corrected chi connectivity index (χ0v) is 7.21. The fourth-order valence-corrected chi connectivity index (χ4v) is 1.08. The molecule has 4 nitrogen and oxygen atoms in total. The molecule has 0 bridgehead atoms. The van der Waals surface area contributed by atoms with Gasteiger partial charge in [0.05, 0.1) is 0 Å². The summed E-state index contributed by atoms with van der Waals surface area (Å²) in [5.41, 5.74) is 0.810. The largest absolute Gasteiger partial charge is 0.490 e. The number of carbonyl (C=O) groups excluding carboxylic acids is 1. The lowest BCUT2D eigenvalue weighted by atomic mass is 9.79. The summed E-state index contributed by atoms with van der Waals surface area (Å²) in [4.78, 5) is 11.7. The van der Waals surface area contributed by atoms with E-state index >= 15 is 0 Å². The van der Waals surface area contributed by atoms with Gasteiger partial charge in [0.25, 0.3) is 0 Å². The average molecular weight is 179 g/mol. The molecule has 0 fully saturated rings. The van der Waals surface area contributed by atoms with Crippen LogP contribution in [-0.2, 0) is 4.79 Å². The lowest BCUT2D eigenvalue weighted by molar-refractivity contribution is -0.107. The van der Waals surface area contributed by atoms with Gasteiger partial charge in [-0.15, -0.1) is 0 Å². The summed E-state index contributed by atoms with van der Waals surface area (Å²) in [7, 11) is -0.00704. The number of anilines is 1. The molecule has 0 aliphatic rings. The van der Waals surface area contributed by atoms with Crippen molar-refractivity contribution in [1.82, 2.24) is 0 Å². The van der Waals surface area contributed by atoms with E-state index in [1.807, 2.05) is 0 Å². The molecule has 0 aromatic heterocycles. The first-order valence-corrected chi connectivity index (χ1v) is 3.80. The van der Waals surface area contributed by atoms with Crippen LogP contribution in [0.1, 0.15) is 0 Å². The van der Waals surface area contributed by atoms with Crippen molar-refractivity contribution in [3.63, 3.8) is 0 Å². The Morgan fingerprint density at radius 1 is 1.38 bits per heavy atom. The number of amides is 1. The maximum Gasteiger partial charge on any atom is 0.490 e. The van der Waals surface area contributed by atoms with Crippen LogP contribution < -0.4 is 10.4 Å². The molecule has 1 rings (SSSR count). The molecule has 0 radical (unpaired) electrons. The molecular formula is C8H10BNO3. The Labute approximate surface area is 76.6 Å². The number of hydrogen-bond donors (Lipinski definition) is 2. The van der Waals surface area contributed by atoms with Gasteiger partial charge >= 0.3 is 7.12 Å². The number of nitrogens with zero attached hydrogens (tertiary/aromatic N) is 1. The van der Waals surface area contributed by atoms with E-state index in [9.17, 15) is 4.79 Å². The van der Waals surface area contributed by atoms with Crippen molar-refractivity contribution >= 4 is 24.7 Å². The van der Waals surface area contributed by atoms with Crippen LogP contribution in [0.25, 0.3) is 0 Å². The molecule has 13 heavy (non-hydrogen) atoms. The van der Waals surface area contributed by atoms with Crippen LogP contribution in [0.3, 0.4) is 0 Å². The zero-order chi connectivity index (χ0) is 9.84. The van der Waals surface area contributed by atoms with E-state index in [1.165, 1.54) is 4.90 Å². The van der Waals surface area contributed by atoms with Gasteiger partial charge in [0.2, 0.25) is 6.41 Å². The molecule has 0 saturated carbocycles. The van der Waals surface area contributed by atoms with Crippen LogP contribution in [0.15, 0.2) is 24.3 Å². The fourth-order valence-electron chi connectivity index (χ4n) is 1.08.